The largest absolute Gasteiger partial charge is 0.466 e. The lowest BCUT2D eigenvalue weighted by molar-refractivity contribution is -0.141. The van der Waals surface area contributed by atoms with E-state index in [-0.39, 0.29) is 17.1 Å². The van der Waals surface area contributed by atoms with Gasteiger partial charge >= 0.3 is 11.9 Å². The molecule has 2 atom stereocenters. The van der Waals surface area contributed by atoms with Crippen LogP contribution in [0.5, 0.6) is 0 Å². The summed E-state index contributed by atoms with van der Waals surface area (Å²) in [6, 6.07) is 24.9. The molecule has 8 heteroatoms. The molecule has 2 unspecified atom stereocenters. The molecule has 176 valence electrons. The number of halogens is 1. The Morgan fingerprint density at radius 3 is 1.89 bits per heavy atom. The zero-order valence-electron chi connectivity index (χ0n) is 18.9. The zero-order chi connectivity index (χ0) is 24.8. The van der Waals surface area contributed by atoms with Gasteiger partial charge < -0.3 is 9.47 Å². The van der Waals surface area contributed by atoms with Crippen LogP contribution in [-0.2, 0) is 33.5 Å². The van der Waals surface area contributed by atoms with E-state index in [1.807, 2.05) is 24.3 Å². The number of nitrogens with zero attached hydrogens (tertiary/aromatic N) is 1. The van der Waals surface area contributed by atoms with Crippen molar-refractivity contribution in [2.75, 3.05) is 19.1 Å². The average Bonchev–Trinajstić information content (AvgIpc) is 3.36. The SMILES string of the molecule is COC(=O)C1=C(C(=O)OC)C2(c3ccc(Cl)cc3)SC1(c1ccccc1)C(=O)N2c1ccccc1. The minimum Gasteiger partial charge on any atom is -0.466 e. The molecule has 0 spiro atoms. The van der Waals surface area contributed by atoms with E-state index in [4.69, 9.17) is 21.1 Å². The number of ether oxygens (including phenoxy) is 2. The average molecular weight is 506 g/mol. The first-order valence-corrected chi connectivity index (χ1v) is 11.9. The molecule has 6 nitrogen and oxygen atoms in total. The molecule has 35 heavy (non-hydrogen) atoms. The Balaban J connectivity index is 1.95. The topological polar surface area (TPSA) is 72.9 Å². The Morgan fingerprint density at radius 2 is 1.31 bits per heavy atom. The van der Waals surface area contributed by atoms with Crippen molar-refractivity contribution in [2.24, 2.45) is 0 Å². The predicted molar refractivity (Wildman–Crippen MR) is 134 cm³/mol. The lowest BCUT2D eigenvalue weighted by Crippen LogP contribution is -2.52. The monoisotopic (exact) mass is 505 g/mol. The van der Waals surface area contributed by atoms with Gasteiger partial charge in [-0.25, -0.2) is 9.59 Å². The molecule has 1 saturated heterocycles. The van der Waals surface area contributed by atoms with Crippen LogP contribution in [0.1, 0.15) is 11.1 Å². The Morgan fingerprint density at radius 1 is 0.771 bits per heavy atom. The Hall–Kier alpha value is -3.55. The van der Waals surface area contributed by atoms with Crippen LogP contribution in [0.3, 0.4) is 0 Å². The van der Waals surface area contributed by atoms with E-state index >= 15 is 0 Å². The summed E-state index contributed by atoms with van der Waals surface area (Å²) >= 11 is 7.40. The van der Waals surface area contributed by atoms with Crippen LogP contribution in [-0.4, -0.2) is 32.1 Å². The van der Waals surface area contributed by atoms with Crippen molar-refractivity contribution in [3.8, 4) is 0 Å². The smallest absolute Gasteiger partial charge is 0.338 e. The molecule has 0 N–H and O–H groups in total. The Kier molecular flexibility index (Phi) is 5.69. The van der Waals surface area contributed by atoms with E-state index in [0.717, 1.165) is 0 Å². The number of rotatable bonds is 5. The highest BCUT2D eigenvalue weighted by atomic mass is 35.5. The second-order valence-electron chi connectivity index (χ2n) is 8.01. The zero-order valence-corrected chi connectivity index (χ0v) is 20.4. The fourth-order valence-corrected chi connectivity index (χ4v) is 6.96. The molecule has 0 saturated carbocycles. The van der Waals surface area contributed by atoms with Crippen molar-refractivity contribution >= 4 is 46.9 Å². The standard InChI is InChI=1S/C27H20ClNO5S/c1-33-23(30)21-22(24(31)34-2)27(18-13-15-19(28)16-14-18)29(20-11-7-4-8-12-20)25(32)26(21,35-27)17-9-5-3-6-10-17/h3-16H,1-2H3. The molecule has 2 aliphatic heterocycles. The summed E-state index contributed by atoms with van der Waals surface area (Å²) < 4.78 is 8.80. The van der Waals surface area contributed by atoms with Crippen LogP contribution in [0.2, 0.25) is 5.02 Å². The lowest BCUT2D eigenvalue weighted by Gasteiger charge is -2.40. The first kappa shape index (κ1) is 23.2. The number of methoxy groups -OCH3 is 2. The number of anilines is 1. The summed E-state index contributed by atoms with van der Waals surface area (Å²) in [5.74, 6) is -1.85. The molecule has 0 aromatic heterocycles. The molecule has 3 aromatic carbocycles. The van der Waals surface area contributed by atoms with Crippen LogP contribution < -0.4 is 4.90 Å². The number of esters is 2. The molecule has 1 fully saturated rings. The molecule has 0 aliphatic carbocycles. The van der Waals surface area contributed by atoms with Gasteiger partial charge in [-0.1, -0.05) is 84.0 Å². The summed E-state index contributed by atoms with van der Waals surface area (Å²) in [5.41, 5.74) is 1.75. The maximum Gasteiger partial charge on any atom is 0.338 e. The number of hydrogen-bond donors (Lipinski definition) is 0. The van der Waals surface area contributed by atoms with Gasteiger partial charge in [-0.3, -0.25) is 9.69 Å². The molecule has 2 aliphatic rings. The molecule has 2 heterocycles. The number of amides is 1. The van der Waals surface area contributed by atoms with Crippen LogP contribution in [0, 0.1) is 0 Å². The number of carbonyl (C=O) groups excluding carboxylic acids is 3. The fraction of sp³-hybridized carbons (Fsp3) is 0.148. The van der Waals surface area contributed by atoms with Crippen LogP contribution in [0.4, 0.5) is 5.69 Å². The van der Waals surface area contributed by atoms with Crippen LogP contribution >= 0.6 is 23.4 Å². The molecule has 0 radical (unpaired) electrons. The van der Waals surface area contributed by atoms with E-state index in [1.165, 1.54) is 26.0 Å². The first-order valence-electron chi connectivity index (χ1n) is 10.7. The Labute approximate surface area is 211 Å². The van der Waals surface area contributed by atoms with Crippen molar-refractivity contribution in [1.82, 2.24) is 0 Å². The molecule has 2 bridgehead atoms. The van der Waals surface area contributed by atoms with Crippen molar-refractivity contribution in [3.63, 3.8) is 0 Å². The number of fused-ring (bicyclic) bond motifs is 2. The summed E-state index contributed by atoms with van der Waals surface area (Å²) in [6.45, 7) is 0. The maximum absolute atomic E-state index is 14.5. The Bertz CT molecular complexity index is 1360. The summed E-state index contributed by atoms with van der Waals surface area (Å²) in [4.78, 5) is 41.5. The minimum absolute atomic E-state index is 0.0322. The number of benzene rings is 3. The van der Waals surface area contributed by atoms with Crippen molar-refractivity contribution < 1.29 is 23.9 Å². The summed E-state index contributed by atoms with van der Waals surface area (Å²) in [7, 11) is 2.48. The van der Waals surface area contributed by atoms with Crippen LogP contribution in [0.15, 0.2) is 96.1 Å². The number of carbonyl (C=O) groups is 3. The second kappa shape index (κ2) is 8.59. The highest BCUT2D eigenvalue weighted by Gasteiger charge is 2.74. The van der Waals surface area contributed by atoms with Gasteiger partial charge in [0, 0.05) is 10.7 Å². The van der Waals surface area contributed by atoms with E-state index < -0.39 is 21.6 Å². The second-order valence-corrected chi connectivity index (χ2v) is 9.85. The quantitative estimate of drug-likeness (QED) is 0.463. The van der Waals surface area contributed by atoms with E-state index in [2.05, 4.69) is 0 Å². The molecular weight excluding hydrogens is 486 g/mol. The lowest BCUT2D eigenvalue weighted by atomic mass is 9.78. The van der Waals surface area contributed by atoms with Crippen molar-refractivity contribution in [1.29, 1.82) is 0 Å². The molecule has 5 rings (SSSR count). The third-order valence-corrected chi connectivity index (χ3v) is 8.36. The van der Waals surface area contributed by atoms with Gasteiger partial charge in [0.15, 0.2) is 9.62 Å². The van der Waals surface area contributed by atoms with Gasteiger partial charge in [-0.2, -0.15) is 0 Å². The number of para-hydroxylation sites is 1. The number of thioether (sulfide) groups is 1. The minimum atomic E-state index is -1.53. The number of hydrogen-bond acceptors (Lipinski definition) is 6. The molecule has 3 aromatic rings. The van der Waals surface area contributed by atoms with Gasteiger partial charge in [-0.15, -0.1) is 0 Å². The van der Waals surface area contributed by atoms with Gasteiger partial charge in [0.2, 0.25) is 0 Å². The van der Waals surface area contributed by atoms with Crippen LogP contribution in [0.25, 0.3) is 0 Å². The van der Waals surface area contributed by atoms with Gasteiger partial charge in [-0.05, 0) is 35.4 Å². The summed E-state index contributed by atoms with van der Waals surface area (Å²) in [6.07, 6.45) is 0. The first-order chi connectivity index (χ1) is 16.9. The fourth-order valence-electron chi connectivity index (χ4n) is 4.85. The predicted octanol–water partition coefficient (Wildman–Crippen LogP) is 4.82. The van der Waals surface area contributed by atoms with Crippen molar-refractivity contribution in [3.05, 3.63) is 112 Å². The van der Waals surface area contributed by atoms with Gasteiger partial charge in [0.05, 0.1) is 25.4 Å². The third kappa shape index (κ3) is 3.15. The maximum atomic E-state index is 14.5. The molecular formula is C27H20ClNO5S. The summed E-state index contributed by atoms with van der Waals surface area (Å²) in [5, 5.41) is 0.495. The van der Waals surface area contributed by atoms with E-state index in [0.29, 0.717) is 21.8 Å². The van der Waals surface area contributed by atoms with E-state index in [1.54, 1.807) is 65.6 Å². The molecule has 1 amide bonds. The highest BCUT2D eigenvalue weighted by Crippen LogP contribution is 2.71. The highest BCUT2D eigenvalue weighted by molar-refractivity contribution is 8.03. The third-order valence-electron chi connectivity index (χ3n) is 6.27. The normalized spacial score (nSPS) is 22.9. The van der Waals surface area contributed by atoms with Crippen molar-refractivity contribution in [2.45, 2.75) is 9.62 Å². The van der Waals surface area contributed by atoms with Gasteiger partial charge in [0.25, 0.3) is 5.91 Å². The van der Waals surface area contributed by atoms with Gasteiger partial charge in [0.1, 0.15) is 0 Å². The van der Waals surface area contributed by atoms with E-state index in [9.17, 15) is 14.4 Å².